The molecular weight excluding hydrogens is 484 g/mol. The van der Waals surface area contributed by atoms with Crippen LogP contribution in [0.5, 0.6) is 0 Å². The number of ether oxygens (including phenoxy) is 2. The molecule has 1 saturated carbocycles. The number of nitrogens with zero attached hydrogens (tertiary/aromatic N) is 4. The number of benzene rings is 2. The minimum Gasteiger partial charge on any atom is -0.465 e. The largest absolute Gasteiger partial charge is 0.465 e. The Bertz CT molecular complexity index is 1430. The summed E-state index contributed by atoms with van der Waals surface area (Å²) in [7, 11) is 0. The van der Waals surface area contributed by atoms with Gasteiger partial charge in [0.1, 0.15) is 11.4 Å². The molecule has 9 heteroatoms. The van der Waals surface area contributed by atoms with Gasteiger partial charge >= 0.3 is 12.1 Å². The highest BCUT2D eigenvalue weighted by atomic mass is 16.6. The summed E-state index contributed by atoms with van der Waals surface area (Å²) >= 11 is 0. The van der Waals surface area contributed by atoms with Crippen LogP contribution in [0, 0.1) is 6.92 Å². The number of aryl methyl sites for hydroxylation is 1. The van der Waals surface area contributed by atoms with E-state index < -0.39 is 11.5 Å². The molecule has 0 atom stereocenters. The second-order valence-corrected chi connectivity index (χ2v) is 9.00. The van der Waals surface area contributed by atoms with Crippen LogP contribution in [0.1, 0.15) is 37.9 Å². The van der Waals surface area contributed by atoms with Gasteiger partial charge in [-0.1, -0.05) is 53.7 Å². The van der Waals surface area contributed by atoms with Crippen LogP contribution in [0.2, 0.25) is 0 Å². The molecule has 2 aromatic heterocycles. The summed E-state index contributed by atoms with van der Waals surface area (Å²) in [5.41, 5.74) is 4.19. The van der Waals surface area contributed by atoms with Crippen LogP contribution in [-0.4, -0.2) is 40.4 Å². The molecular formula is C29H28N4O5. The first-order valence-electron chi connectivity index (χ1n) is 12.6. The van der Waals surface area contributed by atoms with Crippen LogP contribution in [0.4, 0.5) is 16.3 Å². The normalized spacial score (nSPS) is 13.6. The van der Waals surface area contributed by atoms with E-state index in [1.807, 2.05) is 55.5 Å². The summed E-state index contributed by atoms with van der Waals surface area (Å²) in [6.45, 7) is 5.90. The van der Waals surface area contributed by atoms with Crippen molar-refractivity contribution >= 4 is 23.6 Å². The van der Waals surface area contributed by atoms with Crippen LogP contribution in [0.15, 0.2) is 71.6 Å². The topological polar surface area (TPSA) is 108 Å². The number of aromatic nitrogens is 3. The van der Waals surface area contributed by atoms with Gasteiger partial charge in [-0.3, -0.25) is 9.78 Å². The standard InChI is InChI=1S/C29H28N4O5/c1-4-36-27(34)29(14-15-29)23-12-10-21(11-13-23)20-6-8-22(9-7-20)26-25(19(3)32-38-26)33(28(35)37-5-2)24-18-30-16-17-31-24/h6-13,16-18H,4-5,14-15H2,1-3H3. The van der Waals surface area contributed by atoms with E-state index in [4.69, 9.17) is 14.0 Å². The van der Waals surface area contributed by atoms with Crippen molar-refractivity contribution in [3.8, 4) is 22.5 Å². The Labute approximate surface area is 220 Å². The first kappa shape index (κ1) is 25.1. The Kier molecular flexibility index (Phi) is 6.91. The Morgan fingerprint density at radius 1 is 0.921 bits per heavy atom. The molecule has 194 valence electrons. The average Bonchev–Trinajstić information content (AvgIpc) is 3.68. The molecule has 0 unspecified atom stereocenters. The van der Waals surface area contributed by atoms with E-state index in [2.05, 4.69) is 15.1 Å². The molecule has 5 rings (SSSR count). The van der Waals surface area contributed by atoms with Crippen LogP contribution in [0.25, 0.3) is 22.5 Å². The maximum Gasteiger partial charge on any atom is 0.420 e. The van der Waals surface area contributed by atoms with Crippen LogP contribution in [0.3, 0.4) is 0 Å². The molecule has 1 amide bonds. The molecule has 1 fully saturated rings. The quantitative estimate of drug-likeness (QED) is 0.265. The summed E-state index contributed by atoms with van der Waals surface area (Å²) in [6.07, 6.45) is 5.54. The summed E-state index contributed by atoms with van der Waals surface area (Å²) in [5, 5.41) is 4.12. The lowest BCUT2D eigenvalue weighted by molar-refractivity contribution is -0.146. The lowest BCUT2D eigenvalue weighted by atomic mass is 9.93. The fourth-order valence-electron chi connectivity index (χ4n) is 4.51. The van der Waals surface area contributed by atoms with Gasteiger partial charge in [0, 0.05) is 18.0 Å². The molecule has 0 aliphatic heterocycles. The number of rotatable bonds is 8. The van der Waals surface area contributed by atoms with E-state index in [1.54, 1.807) is 13.8 Å². The molecule has 0 N–H and O–H groups in total. The van der Waals surface area contributed by atoms with Crippen molar-refractivity contribution in [1.29, 1.82) is 0 Å². The summed E-state index contributed by atoms with van der Waals surface area (Å²) in [4.78, 5) is 35.1. The minimum absolute atomic E-state index is 0.145. The minimum atomic E-state index is -0.603. The maximum atomic E-state index is 12.9. The van der Waals surface area contributed by atoms with Crippen molar-refractivity contribution in [1.82, 2.24) is 15.1 Å². The molecule has 2 heterocycles. The monoisotopic (exact) mass is 512 g/mol. The molecule has 2 aromatic carbocycles. The Morgan fingerprint density at radius 2 is 1.55 bits per heavy atom. The van der Waals surface area contributed by atoms with E-state index in [1.165, 1.54) is 23.5 Å². The van der Waals surface area contributed by atoms with Gasteiger partial charge in [-0.05, 0) is 50.3 Å². The first-order valence-corrected chi connectivity index (χ1v) is 12.6. The lowest BCUT2D eigenvalue weighted by Gasteiger charge is -2.20. The molecule has 1 aliphatic rings. The van der Waals surface area contributed by atoms with Gasteiger partial charge in [0.05, 0.1) is 24.8 Å². The molecule has 38 heavy (non-hydrogen) atoms. The Hall–Kier alpha value is -4.53. The molecule has 0 saturated heterocycles. The van der Waals surface area contributed by atoms with Crippen LogP contribution in [-0.2, 0) is 19.7 Å². The van der Waals surface area contributed by atoms with Crippen molar-refractivity contribution in [2.75, 3.05) is 18.1 Å². The van der Waals surface area contributed by atoms with Crippen molar-refractivity contribution in [2.24, 2.45) is 0 Å². The second-order valence-electron chi connectivity index (χ2n) is 9.00. The first-order chi connectivity index (χ1) is 18.5. The van der Waals surface area contributed by atoms with Crippen molar-refractivity contribution in [3.63, 3.8) is 0 Å². The van der Waals surface area contributed by atoms with Crippen molar-refractivity contribution in [3.05, 3.63) is 78.4 Å². The molecule has 0 radical (unpaired) electrons. The van der Waals surface area contributed by atoms with E-state index >= 15 is 0 Å². The number of hydrogen-bond donors (Lipinski definition) is 0. The highest BCUT2D eigenvalue weighted by Gasteiger charge is 2.52. The smallest absolute Gasteiger partial charge is 0.420 e. The zero-order valence-electron chi connectivity index (χ0n) is 21.5. The number of carbonyl (C=O) groups excluding carboxylic acids is 2. The van der Waals surface area contributed by atoms with E-state index in [9.17, 15) is 9.59 Å². The predicted octanol–water partition coefficient (Wildman–Crippen LogP) is 6.00. The third-order valence-corrected chi connectivity index (χ3v) is 6.62. The highest BCUT2D eigenvalue weighted by molar-refractivity contribution is 5.99. The predicted molar refractivity (Wildman–Crippen MR) is 141 cm³/mol. The lowest BCUT2D eigenvalue weighted by Crippen LogP contribution is -2.28. The zero-order valence-corrected chi connectivity index (χ0v) is 21.5. The van der Waals surface area contributed by atoms with Gasteiger partial charge in [0.15, 0.2) is 11.6 Å². The van der Waals surface area contributed by atoms with Gasteiger partial charge < -0.3 is 14.0 Å². The van der Waals surface area contributed by atoms with Crippen LogP contribution >= 0.6 is 0 Å². The van der Waals surface area contributed by atoms with E-state index in [0.717, 1.165) is 35.1 Å². The van der Waals surface area contributed by atoms with E-state index in [-0.39, 0.29) is 12.6 Å². The van der Waals surface area contributed by atoms with Gasteiger partial charge in [0.2, 0.25) is 0 Å². The van der Waals surface area contributed by atoms with Gasteiger partial charge in [0.25, 0.3) is 0 Å². The second kappa shape index (κ2) is 10.5. The molecule has 9 nitrogen and oxygen atoms in total. The Balaban J connectivity index is 1.43. The van der Waals surface area contributed by atoms with Crippen molar-refractivity contribution < 1.29 is 23.6 Å². The number of hydrogen-bond acceptors (Lipinski definition) is 8. The summed E-state index contributed by atoms with van der Waals surface area (Å²) in [5.74, 6) is 0.563. The maximum absolute atomic E-state index is 12.9. The fourth-order valence-corrected chi connectivity index (χ4v) is 4.51. The number of amides is 1. The number of anilines is 2. The summed E-state index contributed by atoms with van der Waals surface area (Å²) < 4.78 is 16.2. The third-order valence-electron chi connectivity index (χ3n) is 6.62. The molecule has 4 aromatic rings. The van der Waals surface area contributed by atoms with Gasteiger partial charge in [-0.25, -0.2) is 14.7 Å². The third kappa shape index (κ3) is 4.63. The fraction of sp³-hybridized carbons (Fsp3) is 0.276. The average molecular weight is 513 g/mol. The Morgan fingerprint density at radius 3 is 2.13 bits per heavy atom. The van der Waals surface area contributed by atoms with E-state index in [0.29, 0.717) is 29.6 Å². The number of carbonyl (C=O) groups is 2. The number of esters is 1. The highest BCUT2D eigenvalue weighted by Crippen LogP contribution is 2.49. The SMILES string of the molecule is CCOC(=O)N(c1cnccn1)c1c(C)noc1-c1ccc(-c2ccc(C3(C(=O)OCC)CC3)cc2)cc1. The van der Waals surface area contributed by atoms with Crippen LogP contribution < -0.4 is 4.90 Å². The van der Waals surface area contributed by atoms with Crippen molar-refractivity contribution in [2.45, 2.75) is 39.0 Å². The zero-order chi connectivity index (χ0) is 26.7. The summed E-state index contributed by atoms with van der Waals surface area (Å²) in [6, 6.07) is 15.8. The van der Waals surface area contributed by atoms with Gasteiger partial charge in [-0.15, -0.1) is 0 Å². The molecule has 1 aliphatic carbocycles. The molecule has 0 bridgehead atoms. The van der Waals surface area contributed by atoms with Gasteiger partial charge in [-0.2, -0.15) is 0 Å². The molecule has 0 spiro atoms.